The quantitative estimate of drug-likeness (QED) is 0.743. The number of nitrogens with one attached hydrogen (secondary N) is 1. The van der Waals surface area contributed by atoms with E-state index in [0.29, 0.717) is 12.6 Å². The van der Waals surface area contributed by atoms with Crippen LogP contribution < -0.4 is 5.32 Å². The fraction of sp³-hybridized carbons (Fsp3) is 0.667. The van der Waals surface area contributed by atoms with Gasteiger partial charge in [-0.3, -0.25) is 19.3 Å². The van der Waals surface area contributed by atoms with Gasteiger partial charge in [0.2, 0.25) is 5.91 Å². The molecular formula is C12H19N5O. The van der Waals surface area contributed by atoms with Crippen LogP contribution in [0.1, 0.15) is 0 Å². The zero-order chi connectivity index (χ0) is 12.4. The number of hydrogen-bond acceptors (Lipinski definition) is 4. The summed E-state index contributed by atoms with van der Waals surface area (Å²) in [5, 5.41) is 7.03. The van der Waals surface area contributed by atoms with Crippen molar-refractivity contribution in [1.82, 2.24) is 24.9 Å². The smallest absolute Gasteiger partial charge is 0.241 e. The molecule has 3 aliphatic rings. The second-order valence-corrected chi connectivity index (χ2v) is 5.00. The Hall–Kier alpha value is -1.40. The zero-order valence-corrected chi connectivity index (χ0v) is 10.5. The molecule has 0 saturated carbocycles. The minimum atomic E-state index is 0.0383. The van der Waals surface area contributed by atoms with Crippen LogP contribution >= 0.6 is 0 Å². The van der Waals surface area contributed by atoms with Crippen molar-refractivity contribution in [2.75, 3.05) is 39.3 Å². The molecule has 3 aliphatic heterocycles. The maximum absolute atomic E-state index is 11.8. The maximum Gasteiger partial charge on any atom is 0.241 e. The van der Waals surface area contributed by atoms with E-state index in [2.05, 4.69) is 20.2 Å². The molecule has 1 aromatic heterocycles. The summed E-state index contributed by atoms with van der Waals surface area (Å²) >= 11 is 0. The van der Waals surface area contributed by atoms with Gasteiger partial charge in [-0.2, -0.15) is 5.10 Å². The molecule has 1 amide bonds. The summed E-state index contributed by atoms with van der Waals surface area (Å²) in [6.45, 7) is 6.77. The summed E-state index contributed by atoms with van der Waals surface area (Å²) in [5.41, 5.74) is 0. The first-order valence-electron chi connectivity index (χ1n) is 6.52. The number of aromatic nitrogens is 2. The highest BCUT2D eigenvalue weighted by molar-refractivity contribution is 5.75. The van der Waals surface area contributed by atoms with Crippen molar-refractivity contribution in [3.63, 3.8) is 0 Å². The average molecular weight is 249 g/mol. The second-order valence-electron chi connectivity index (χ2n) is 5.00. The number of carbonyl (C=O) groups is 1. The summed E-state index contributed by atoms with van der Waals surface area (Å²) in [6, 6.07) is 2.31. The molecule has 6 heteroatoms. The van der Waals surface area contributed by atoms with Crippen LogP contribution in [-0.2, 0) is 11.3 Å². The van der Waals surface area contributed by atoms with Gasteiger partial charge in [0.25, 0.3) is 0 Å². The third-order valence-electron chi connectivity index (χ3n) is 3.79. The molecule has 4 heterocycles. The van der Waals surface area contributed by atoms with Crippen LogP contribution in [0.5, 0.6) is 0 Å². The molecular weight excluding hydrogens is 230 g/mol. The van der Waals surface area contributed by atoms with Gasteiger partial charge >= 0.3 is 0 Å². The molecule has 2 bridgehead atoms. The van der Waals surface area contributed by atoms with Crippen LogP contribution in [0.2, 0.25) is 0 Å². The standard InChI is InChI=1S/C12H19N5O/c18-12(10-17-3-1-2-14-17)13-8-11-9-15-4-6-16(11)7-5-15/h1-3,11H,4-10H2,(H,13,18). The number of nitrogens with zero attached hydrogens (tertiary/aromatic N) is 4. The molecule has 0 aliphatic carbocycles. The van der Waals surface area contributed by atoms with Gasteiger partial charge in [-0.1, -0.05) is 0 Å². The van der Waals surface area contributed by atoms with Gasteiger partial charge in [-0.15, -0.1) is 0 Å². The van der Waals surface area contributed by atoms with Gasteiger partial charge < -0.3 is 5.32 Å². The lowest BCUT2D eigenvalue weighted by Gasteiger charge is -2.47. The van der Waals surface area contributed by atoms with Gasteiger partial charge in [0, 0.05) is 57.7 Å². The van der Waals surface area contributed by atoms with Crippen LogP contribution in [0.25, 0.3) is 0 Å². The Labute approximate surface area is 107 Å². The van der Waals surface area contributed by atoms with Gasteiger partial charge in [0.1, 0.15) is 6.54 Å². The Kier molecular flexibility index (Phi) is 3.29. The average Bonchev–Trinajstić information content (AvgIpc) is 2.91. The lowest BCUT2D eigenvalue weighted by molar-refractivity contribution is -0.122. The van der Waals surface area contributed by atoms with Gasteiger partial charge in [0.15, 0.2) is 0 Å². The normalized spacial score (nSPS) is 30.3. The molecule has 0 spiro atoms. The van der Waals surface area contributed by atoms with E-state index in [1.807, 2.05) is 6.07 Å². The van der Waals surface area contributed by atoms with E-state index in [1.165, 1.54) is 13.1 Å². The largest absolute Gasteiger partial charge is 0.353 e. The van der Waals surface area contributed by atoms with Crippen molar-refractivity contribution in [2.45, 2.75) is 12.6 Å². The molecule has 1 aromatic rings. The zero-order valence-electron chi connectivity index (χ0n) is 10.5. The summed E-state index contributed by atoms with van der Waals surface area (Å²) in [6.07, 6.45) is 3.49. The summed E-state index contributed by atoms with van der Waals surface area (Å²) in [4.78, 5) is 16.7. The topological polar surface area (TPSA) is 53.4 Å². The number of hydrogen-bond donors (Lipinski definition) is 1. The molecule has 1 N–H and O–H groups in total. The van der Waals surface area contributed by atoms with Gasteiger partial charge in [-0.05, 0) is 6.07 Å². The predicted molar refractivity (Wildman–Crippen MR) is 67.0 cm³/mol. The highest BCUT2D eigenvalue weighted by Gasteiger charge is 2.31. The van der Waals surface area contributed by atoms with E-state index in [1.54, 1.807) is 17.1 Å². The minimum Gasteiger partial charge on any atom is -0.353 e. The maximum atomic E-state index is 11.8. The van der Waals surface area contributed by atoms with Crippen molar-refractivity contribution in [3.05, 3.63) is 18.5 Å². The minimum absolute atomic E-state index is 0.0383. The molecule has 18 heavy (non-hydrogen) atoms. The molecule has 0 aromatic carbocycles. The number of rotatable bonds is 4. The van der Waals surface area contributed by atoms with Gasteiger partial charge in [-0.25, -0.2) is 0 Å². The molecule has 98 valence electrons. The lowest BCUT2D eigenvalue weighted by atomic mass is 10.1. The first kappa shape index (κ1) is 11.7. The fourth-order valence-corrected chi connectivity index (χ4v) is 2.75. The number of fused-ring (bicyclic) bond motifs is 3. The Morgan fingerprint density at radius 1 is 1.33 bits per heavy atom. The van der Waals surface area contributed by atoms with E-state index >= 15 is 0 Å². The first-order valence-corrected chi connectivity index (χ1v) is 6.52. The Bertz CT molecular complexity index is 397. The Morgan fingerprint density at radius 2 is 2.17 bits per heavy atom. The van der Waals surface area contributed by atoms with Gasteiger partial charge in [0.05, 0.1) is 0 Å². The lowest BCUT2D eigenvalue weighted by Crippen LogP contribution is -2.63. The molecule has 0 radical (unpaired) electrons. The monoisotopic (exact) mass is 249 g/mol. The number of piperazine rings is 3. The van der Waals surface area contributed by atoms with Crippen LogP contribution in [0.4, 0.5) is 0 Å². The number of carbonyl (C=O) groups excluding carboxylic acids is 1. The van der Waals surface area contributed by atoms with Crippen molar-refractivity contribution < 1.29 is 4.79 Å². The summed E-state index contributed by atoms with van der Waals surface area (Å²) in [7, 11) is 0. The van der Waals surface area contributed by atoms with E-state index in [4.69, 9.17) is 0 Å². The SMILES string of the molecule is O=C(Cn1cccn1)NCC1CN2CCN1CC2. The Morgan fingerprint density at radius 3 is 2.78 bits per heavy atom. The third-order valence-corrected chi connectivity index (χ3v) is 3.79. The van der Waals surface area contributed by atoms with Crippen LogP contribution in [0.3, 0.4) is 0 Å². The summed E-state index contributed by atoms with van der Waals surface area (Å²) in [5.74, 6) is 0.0383. The second kappa shape index (κ2) is 5.07. The van der Waals surface area contributed by atoms with Crippen LogP contribution in [0, 0.1) is 0 Å². The molecule has 4 rings (SSSR count). The van der Waals surface area contributed by atoms with E-state index in [0.717, 1.165) is 26.2 Å². The molecule has 3 fully saturated rings. The molecule has 1 atom stereocenters. The van der Waals surface area contributed by atoms with Crippen LogP contribution in [0.15, 0.2) is 18.5 Å². The fourth-order valence-electron chi connectivity index (χ4n) is 2.75. The highest BCUT2D eigenvalue weighted by atomic mass is 16.2. The van der Waals surface area contributed by atoms with Crippen molar-refractivity contribution >= 4 is 5.91 Å². The number of amides is 1. The summed E-state index contributed by atoms with van der Waals surface area (Å²) < 4.78 is 1.64. The van der Waals surface area contributed by atoms with Crippen molar-refractivity contribution in [3.8, 4) is 0 Å². The molecule has 6 nitrogen and oxygen atoms in total. The van der Waals surface area contributed by atoms with E-state index in [-0.39, 0.29) is 5.91 Å². The molecule has 3 saturated heterocycles. The predicted octanol–water partition coefficient (Wildman–Crippen LogP) is -1.00. The Balaban J connectivity index is 1.45. The van der Waals surface area contributed by atoms with E-state index in [9.17, 15) is 4.79 Å². The van der Waals surface area contributed by atoms with Crippen molar-refractivity contribution in [2.24, 2.45) is 0 Å². The molecule has 1 unspecified atom stereocenters. The van der Waals surface area contributed by atoms with E-state index < -0.39 is 0 Å². The van der Waals surface area contributed by atoms with Crippen LogP contribution in [-0.4, -0.2) is 70.8 Å². The third kappa shape index (κ3) is 2.54. The highest BCUT2D eigenvalue weighted by Crippen LogP contribution is 2.14. The van der Waals surface area contributed by atoms with Crippen molar-refractivity contribution in [1.29, 1.82) is 0 Å². The first-order chi connectivity index (χ1) is 8.81.